The Kier molecular flexibility index (Phi) is 6.47. The molecular weight excluding hydrogens is 460 g/mol. The van der Waals surface area contributed by atoms with E-state index in [1.54, 1.807) is 29.4 Å². The van der Waals surface area contributed by atoms with Crippen molar-refractivity contribution < 1.29 is 14.0 Å². The number of allylic oxidation sites excluding steroid dienone is 4. The molecule has 0 aromatic carbocycles. The molecule has 2 saturated carbocycles. The van der Waals surface area contributed by atoms with Crippen LogP contribution in [0.2, 0.25) is 0 Å². The average molecular weight is 491 g/mol. The summed E-state index contributed by atoms with van der Waals surface area (Å²) in [6, 6.07) is 3.19. The van der Waals surface area contributed by atoms with Crippen molar-refractivity contribution in [1.82, 2.24) is 20.4 Å². The minimum Gasteiger partial charge on any atom is -0.459 e. The van der Waals surface area contributed by atoms with Crippen molar-refractivity contribution in [2.75, 3.05) is 26.2 Å². The summed E-state index contributed by atoms with van der Waals surface area (Å²) in [5, 5.41) is 5.55. The van der Waals surface area contributed by atoms with Crippen LogP contribution >= 0.6 is 12.2 Å². The summed E-state index contributed by atoms with van der Waals surface area (Å²) in [6.07, 6.45) is 10.7. The number of amides is 2. The number of thiocarbonyl (C=S) groups is 1. The minimum atomic E-state index is -0.427. The Hall–Kier alpha value is -3.39. The maximum absolute atomic E-state index is 13.4. The van der Waals surface area contributed by atoms with Crippen LogP contribution in [0.15, 0.2) is 81.8 Å². The Morgan fingerprint density at radius 2 is 1.63 bits per heavy atom. The van der Waals surface area contributed by atoms with Gasteiger partial charge < -0.3 is 19.5 Å². The zero-order valence-electron chi connectivity index (χ0n) is 19.8. The molecule has 0 radical (unpaired) electrons. The molecule has 2 amide bonds. The van der Waals surface area contributed by atoms with Crippen molar-refractivity contribution in [3.63, 3.8) is 0 Å². The van der Waals surface area contributed by atoms with Crippen LogP contribution < -0.4 is 10.6 Å². The highest BCUT2D eigenvalue weighted by atomic mass is 32.1. The molecule has 5 rings (SSSR count). The monoisotopic (exact) mass is 490 g/mol. The molecule has 1 aliphatic heterocycles. The van der Waals surface area contributed by atoms with Crippen LogP contribution in [0, 0.1) is 5.92 Å². The maximum Gasteiger partial charge on any atom is 0.293 e. The first kappa shape index (κ1) is 23.4. The third-order valence-electron chi connectivity index (χ3n) is 7.39. The van der Waals surface area contributed by atoms with E-state index in [9.17, 15) is 9.59 Å². The van der Waals surface area contributed by atoms with E-state index < -0.39 is 5.91 Å². The highest BCUT2D eigenvalue weighted by Gasteiger charge is 2.43. The van der Waals surface area contributed by atoms with E-state index in [-0.39, 0.29) is 16.8 Å². The molecule has 7 nitrogen and oxygen atoms in total. The average Bonchev–Trinajstić information content (AvgIpc) is 3.58. The van der Waals surface area contributed by atoms with Gasteiger partial charge in [0.2, 0.25) is 5.91 Å². The highest BCUT2D eigenvalue weighted by molar-refractivity contribution is 7.80. The fraction of sp³-hybridized carbons (Fsp3) is 0.370. The van der Waals surface area contributed by atoms with Crippen molar-refractivity contribution in [2.24, 2.45) is 5.92 Å². The standard InChI is InChI=1S/C27H30N4O3S/c1-17(28-27(35)29-25(32)23-4-3-15-34-23)5-6-18(2)30-11-13-31(14-12-30)26(33)24-21-9-10-22(24)20-8-7-19(21)16-20/h3-6,15,24H,1-2,7-14,16H2,(H2,28,29,32,35)/b6-5-. The van der Waals surface area contributed by atoms with Gasteiger partial charge in [0, 0.05) is 37.6 Å². The van der Waals surface area contributed by atoms with Gasteiger partial charge in [-0.1, -0.05) is 35.5 Å². The van der Waals surface area contributed by atoms with Gasteiger partial charge in [0.1, 0.15) is 0 Å². The van der Waals surface area contributed by atoms with Gasteiger partial charge in [0.25, 0.3) is 5.91 Å². The van der Waals surface area contributed by atoms with Gasteiger partial charge in [-0.15, -0.1) is 0 Å². The molecule has 1 aromatic rings. The lowest BCUT2D eigenvalue weighted by atomic mass is 9.86. The maximum atomic E-state index is 13.4. The first-order chi connectivity index (χ1) is 16.9. The van der Waals surface area contributed by atoms with Gasteiger partial charge in [0.15, 0.2) is 10.9 Å². The third-order valence-corrected chi connectivity index (χ3v) is 7.60. The van der Waals surface area contributed by atoms with Crippen LogP contribution in [-0.4, -0.2) is 52.9 Å². The highest BCUT2D eigenvalue weighted by Crippen LogP contribution is 2.52. The molecule has 1 aromatic heterocycles. The van der Waals surface area contributed by atoms with Crippen molar-refractivity contribution in [1.29, 1.82) is 0 Å². The first-order valence-corrected chi connectivity index (χ1v) is 12.5. The molecule has 182 valence electrons. The second-order valence-corrected chi connectivity index (χ2v) is 9.82. The molecule has 1 saturated heterocycles. The molecule has 0 atom stereocenters. The van der Waals surface area contributed by atoms with Gasteiger partial charge >= 0.3 is 0 Å². The van der Waals surface area contributed by atoms with Crippen LogP contribution in [0.1, 0.15) is 42.7 Å². The number of rotatable bonds is 6. The topological polar surface area (TPSA) is 77.8 Å². The van der Waals surface area contributed by atoms with Crippen LogP contribution in [0.4, 0.5) is 0 Å². The van der Waals surface area contributed by atoms with Crippen molar-refractivity contribution in [2.45, 2.75) is 32.1 Å². The number of hydrogen-bond donors (Lipinski definition) is 2. The van der Waals surface area contributed by atoms with Crippen LogP contribution in [0.3, 0.4) is 0 Å². The lowest BCUT2D eigenvalue weighted by Gasteiger charge is -2.38. The summed E-state index contributed by atoms with van der Waals surface area (Å²) < 4.78 is 5.05. The zero-order valence-corrected chi connectivity index (χ0v) is 20.6. The molecule has 3 aliphatic carbocycles. The summed E-state index contributed by atoms with van der Waals surface area (Å²) in [5.41, 5.74) is 7.33. The van der Waals surface area contributed by atoms with E-state index in [4.69, 9.17) is 16.6 Å². The number of carbonyl (C=O) groups excluding carboxylic acids is 2. The predicted octanol–water partition coefficient (Wildman–Crippen LogP) is 3.81. The Morgan fingerprint density at radius 3 is 2.26 bits per heavy atom. The number of hydrogen-bond acceptors (Lipinski definition) is 5. The molecule has 0 spiro atoms. The molecule has 2 heterocycles. The van der Waals surface area contributed by atoms with E-state index >= 15 is 0 Å². The predicted molar refractivity (Wildman–Crippen MR) is 138 cm³/mol. The molecular formula is C27H30N4O3S. The summed E-state index contributed by atoms with van der Waals surface area (Å²) in [4.78, 5) is 29.6. The van der Waals surface area contributed by atoms with Gasteiger partial charge in [-0.05, 0) is 68.6 Å². The smallest absolute Gasteiger partial charge is 0.293 e. The number of carbonyl (C=O) groups is 2. The quantitative estimate of drug-likeness (QED) is 0.359. The molecule has 4 aliphatic rings. The largest absolute Gasteiger partial charge is 0.459 e. The van der Waals surface area contributed by atoms with Crippen molar-refractivity contribution in [3.8, 4) is 0 Å². The van der Waals surface area contributed by atoms with Gasteiger partial charge in [-0.25, -0.2) is 0 Å². The molecule has 2 N–H and O–H groups in total. The number of piperazine rings is 1. The molecule has 3 fully saturated rings. The molecule has 8 heteroatoms. The summed E-state index contributed by atoms with van der Waals surface area (Å²) in [7, 11) is 0. The lowest BCUT2D eigenvalue weighted by Crippen LogP contribution is -2.50. The Morgan fingerprint density at radius 1 is 0.971 bits per heavy atom. The summed E-state index contributed by atoms with van der Waals surface area (Å²) in [5.74, 6) is 0.0912. The molecule has 0 unspecified atom stereocenters. The van der Waals surface area contributed by atoms with Crippen molar-refractivity contribution in [3.05, 3.63) is 83.2 Å². The van der Waals surface area contributed by atoms with Crippen LogP contribution in [-0.2, 0) is 4.79 Å². The van der Waals surface area contributed by atoms with E-state index in [1.165, 1.54) is 30.3 Å². The zero-order chi connectivity index (χ0) is 24.5. The van der Waals surface area contributed by atoms with Crippen LogP contribution in [0.25, 0.3) is 0 Å². The van der Waals surface area contributed by atoms with E-state index in [2.05, 4.69) is 28.7 Å². The molecule has 4 bridgehead atoms. The Labute approximate surface area is 210 Å². The van der Waals surface area contributed by atoms with E-state index in [1.807, 2.05) is 11.0 Å². The number of nitrogens with zero attached hydrogens (tertiary/aromatic N) is 2. The third kappa shape index (κ3) is 4.75. The second-order valence-electron chi connectivity index (χ2n) is 9.42. The van der Waals surface area contributed by atoms with E-state index in [0.29, 0.717) is 24.7 Å². The number of furan rings is 1. The fourth-order valence-electron chi connectivity index (χ4n) is 5.60. The Bertz CT molecular complexity index is 1150. The van der Waals surface area contributed by atoms with Gasteiger partial charge in [0.05, 0.1) is 12.2 Å². The number of nitrogens with one attached hydrogen (secondary N) is 2. The summed E-state index contributed by atoms with van der Waals surface area (Å²) in [6.45, 7) is 11.0. The van der Waals surface area contributed by atoms with Gasteiger partial charge in [-0.2, -0.15) is 0 Å². The number of fused-ring (bicyclic) bond motifs is 4. The first-order valence-electron chi connectivity index (χ1n) is 12.1. The van der Waals surface area contributed by atoms with Crippen LogP contribution in [0.5, 0.6) is 0 Å². The molecule has 35 heavy (non-hydrogen) atoms. The summed E-state index contributed by atoms with van der Waals surface area (Å²) >= 11 is 5.16. The normalized spacial score (nSPS) is 19.5. The Balaban J connectivity index is 1.09. The minimum absolute atomic E-state index is 0.0393. The lowest BCUT2D eigenvalue weighted by molar-refractivity contribution is -0.134. The second kappa shape index (κ2) is 9.70. The van der Waals surface area contributed by atoms with Gasteiger partial charge in [-0.3, -0.25) is 14.9 Å². The SMILES string of the molecule is C=C(/C=C\C(=C)N1CCN(C(=O)C2C3=C4CCC(=C2CC3)C4)CC1)NC(=S)NC(=O)c1ccco1. The van der Waals surface area contributed by atoms with E-state index in [0.717, 1.165) is 38.0 Å². The van der Waals surface area contributed by atoms with Crippen molar-refractivity contribution >= 4 is 29.1 Å². The fourth-order valence-corrected chi connectivity index (χ4v) is 5.83.